The lowest BCUT2D eigenvalue weighted by Gasteiger charge is -2.14. The maximum absolute atomic E-state index is 3.49. The van der Waals surface area contributed by atoms with E-state index in [1.807, 2.05) is 11.8 Å². The Morgan fingerprint density at radius 3 is 2.25 bits per heavy atom. The van der Waals surface area contributed by atoms with Crippen molar-refractivity contribution < 1.29 is 0 Å². The SMILES string of the molecule is CCSC(C)Nc1ccc(CC(C)C)cc1. The molecule has 0 heterocycles. The van der Waals surface area contributed by atoms with Gasteiger partial charge in [-0.1, -0.05) is 32.9 Å². The first-order valence-electron chi connectivity index (χ1n) is 6.09. The molecule has 0 bridgehead atoms. The first-order chi connectivity index (χ1) is 7.61. The summed E-state index contributed by atoms with van der Waals surface area (Å²) in [7, 11) is 0. The second-order valence-electron chi connectivity index (χ2n) is 4.54. The summed E-state index contributed by atoms with van der Waals surface area (Å²) in [5.41, 5.74) is 2.65. The number of anilines is 1. The van der Waals surface area contributed by atoms with Crippen LogP contribution in [0.4, 0.5) is 5.69 Å². The summed E-state index contributed by atoms with van der Waals surface area (Å²) in [6.07, 6.45) is 1.17. The van der Waals surface area contributed by atoms with E-state index in [0.29, 0.717) is 5.37 Å². The van der Waals surface area contributed by atoms with Gasteiger partial charge in [-0.05, 0) is 42.7 Å². The van der Waals surface area contributed by atoms with Crippen molar-refractivity contribution in [1.82, 2.24) is 0 Å². The molecule has 0 spiro atoms. The smallest absolute Gasteiger partial charge is 0.0694 e. The van der Waals surface area contributed by atoms with Gasteiger partial charge in [0.05, 0.1) is 5.37 Å². The minimum absolute atomic E-state index is 0.487. The highest BCUT2D eigenvalue weighted by Gasteiger charge is 2.01. The summed E-state index contributed by atoms with van der Waals surface area (Å²) >= 11 is 1.93. The summed E-state index contributed by atoms with van der Waals surface area (Å²) in [6, 6.07) is 8.83. The number of thioether (sulfide) groups is 1. The Labute approximate surface area is 104 Å². The van der Waals surface area contributed by atoms with E-state index in [4.69, 9.17) is 0 Å². The normalized spacial score (nSPS) is 12.8. The Bertz CT molecular complexity index is 292. The number of hydrogen-bond donors (Lipinski definition) is 1. The molecular weight excluding hydrogens is 214 g/mol. The monoisotopic (exact) mass is 237 g/mol. The maximum Gasteiger partial charge on any atom is 0.0694 e. The van der Waals surface area contributed by atoms with Gasteiger partial charge in [-0.3, -0.25) is 0 Å². The van der Waals surface area contributed by atoms with Crippen LogP contribution >= 0.6 is 11.8 Å². The Kier molecular flexibility index (Phi) is 5.75. The predicted octanol–water partition coefficient (Wildman–Crippen LogP) is 4.40. The lowest BCUT2D eigenvalue weighted by atomic mass is 10.0. The second kappa shape index (κ2) is 6.85. The molecule has 0 amide bonds. The number of rotatable bonds is 6. The van der Waals surface area contributed by atoms with Gasteiger partial charge < -0.3 is 5.32 Å². The lowest BCUT2D eigenvalue weighted by molar-refractivity contribution is 0.647. The zero-order chi connectivity index (χ0) is 12.0. The van der Waals surface area contributed by atoms with Crippen molar-refractivity contribution in [2.24, 2.45) is 5.92 Å². The molecule has 1 aromatic carbocycles. The van der Waals surface area contributed by atoms with E-state index in [2.05, 4.69) is 57.3 Å². The zero-order valence-electron chi connectivity index (χ0n) is 10.8. The Morgan fingerprint density at radius 1 is 1.12 bits per heavy atom. The minimum Gasteiger partial charge on any atom is -0.374 e. The van der Waals surface area contributed by atoms with Gasteiger partial charge in [0.25, 0.3) is 0 Å². The van der Waals surface area contributed by atoms with Crippen molar-refractivity contribution in [2.45, 2.75) is 39.5 Å². The molecule has 0 fully saturated rings. The fourth-order valence-electron chi connectivity index (χ4n) is 1.73. The molecule has 0 saturated heterocycles. The lowest BCUT2D eigenvalue weighted by Crippen LogP contribution is -2.10. The van der Waals surface area contributed by atoms with E-state index in [0.717, 1.165) is 11.7 Å². The minimum atomic E-state index is 0.487. The van der Waals surface area contributed by atoms with Crippen molar-refractivity contribution in [1.29, 1.82) is 0 Å². The van der Waals surface area contributed by atoms with Crippen LogP contribution in [0.3, 0.4) is 0 Å². The van der Waals surface area contributed by atoms with Crippen molar-refractivity contribution in [3.05, 3.63) is 29.8 Å². The Hall–Kier alpha value is -0.630. The largest absolute Gasteiger partial charge is 0.374 e. The van der Waals surface area contributed by atoms with Crippen LogP contribution in [0.1, 0.15) is 33.3 Å². The van der Waals surface area contributed by atoms with E-state index < -0.39 is 0 Å². The average Bonchev–Trinajstić information content (AvgIpc) is 2.20. The first-order valence-corrected chi connectivity index (χ1v) is 7.13. The van der Waals surface area contributed by atoms with Crippen molar-refractivity contribution in [3.8, 4) is 0 Å². The molecule has 0 aliphatic carbocycles. The second-order valence-corrected chi connectivity index (χ2v) is 6.15. The molecule has 1 aromatic rings. The molecule has 1 rings (SSSR count). The molecule has 0 saturated carbocycles. The van der Waals surface area contributed by atoms with Crippen LogP contribution in [-0.4, -0.2) is 11.1 Å². The molecule has 1 N–H and O–H groups in total. The van der Waals surface area contributed by atoms with Crippen molar-refractivity contribution in [3.63, 3.8) is 0 Å². The maximum atomic E-state index is 3.49. The first kappa shape index (κ1) is 13.4. The van der Waals surface area contributed by atoms with Gasteiger partial charge in [0, 0.05) is 5.69 Å². The fraction of sp³-hybridized carbons (Fsp3) is 0.571. The molecular formula is C14H23NS. The highest BCUT2D eigenvalue weighted by atomic mass is 32.2. The van der Waals surface area contributed by atoms with Gasteiger partial charge in [-0.25, -0.2) is 0 Å². The van der Waals surface area contributed by atoms with Crippen LogP contribution in [0.15, 0.2) is 24.3 Å². The quantitative estimate of drug-likeness (QED) is 0.736. The molecule has 0 radical (unpaired) electrons. The molecule has 1 atom stereocenters. The summed E-state index contributed by atoms with van der Waals surface area (Å²) in [5.74, 6) is 1.88. The zero-order valence-corrected chi connectivity index (χ0v) is 11.6. The van der Waals surface area contributed by atoms with Crippen LogP contribution in [0, 0.1) is 5.92 Å². The molecule has 0 aromatic heterocycles. The average molecular weight is 237 g/mol. The van der Waals surface area contributed by atoms with Crippen LogP contribution in [-0.2, 0) is 6.42 Å². The number of benzene rings is 1. The van der Waals surface area contributed by atoms with E-state index in [9.17, 15) is 0 Å². The standard InChI is InChI=1S/C14H23NS/c1-5-16-12(4)15-14-8-6-13(7-9-14)10-11(2)3/h6-9,11-12,15H,5,10H2,1-4H3. The van der Waals surface area contributed by atoms with Crippen molar-refractivity contribution in [2.75, 3.05) is 11.1 Å². The molecule has 90 valence electrons. The highest BCUT2D eigenvalue weighted by molar-refractivity contribution is 7.99. The van der Waals surface area contributed by atoms with E-state index in [1.165, 1.54) is 17.7 Å². The van der Waals surface area contributed by atoms with Crippen LogP contribution in [0.2, 0.25) is 0 Å². The summed E-state index contributed by atoms with van der Waals surface area (Å²) in [4.78, 5) is 0. The van der Waals surface area contributed by atoms with Gasteiger partial charge >= 0.3 is 0 Å². The van der Waals surface area contributed by atoms with Gasteiger partial charge in [-0.15, -0.1) is 11.8 Å². The molecule has 2 heteroatoms. The number of hydrogen-bond acceptors (Lipinski definition) is 2. The van der Waals surface area contributed by atoms with Gasteiger partial charge in [0.1, 0.15) is 0 Å². The Morgan fingerprint density at radius 2 is 1.75 bits per heavy atom. The molecule has 0 aliphatic heterocycles. The molecule has 1 nitrogen and oxygen atoms in total. The highest BCUT2D eigenvalue weighted by Crippen LogP contribution is 2.17. The number of nitrogens with one attached hydrogen (secondary N) is 1. The summed E-state index contributed by atoms with van der Waals surface area (Å²) in [5, 5.41) is 3.97. The van der Waals surface area contributed by atoms with Gasteiger partial charge in [0.2, 0.25) is 0 Å². The van der Waals surface area contributed by atoms with Crippen LogP contribution in [0.5, 0.6) is 0 Å². The third kappa shape index (κ3) is 4.93. The predicted molar refractivity (Wildman–Crippen MR) is 76.2 cm³/mol. The van der Waals surface area contributed by atoms with E-state index in [1.54, 1.807) is 0 Å². The van der Waals surface area contributed by atoms with E-state index in [-0.39, 0.29) is 0 Å². The molecule has 16 heavy (non-hydrogen) atoms. The van der Waals surface area contributed by atoms with Crippen LogP contribution < -0.4 is 5.32 Å². The summed E-state index contributed by atoms with van der Waals surface area (Å²) < 4.78 is 0. The van der Waals surface area contributed by atoms with Gasteiger partial charge in [0.15, 0.2) is 0 Å². The summed E-state index contributed by atoms with van der Waals surface area (Å²) in [6.45, 7) is 8.91. The third-order valence-corrected chi connectivity index (χ3v) is 3.34. The van der Waals surface area contributed by atoms with Gasteiger partial charge in [-0.2, -0.15) is 0 Å². The topological polar surface area (TPSA) is 12.0 Å². The molecule has 0 aliphatic rings. The fourth-order valence-corrected chi connectivity index (χ4v) is 2.45. The molecule has 1 unspecified atom stereocenters. The van der Waals surface area contributed by atoms with E-state index >= 15 is 0 Å². The van der Waals surface area contributed by atoms with Crippen LogP contribution in [0.25, 0.3) is 0 Å². The van der Waals surface area contributed by atoms with Crippen molar-refractivity contribution >= 4 is 17.4 Å². The Balaban J connectivity index is 2.50. The third-order valence-electron chi connectivity index (χ3n) is 2.38.